The Balaban J connectivity index is 0.00000264. The highest BCUT2D eigenvalue weighted by Crippen LogP contribution is 2.25. The third-order valence-electron chi connectivity index (χ3n) is 3.60. The Hall–Kier alpha value is -1.11. The van der Waals surface area contributed by atoms with Crippen LogP contribution in [0.15, 0.2) is 24.3 Å². The van der Waals surface area contributed by atoms with E-state index in [-0.39, 0.29) is 18.3 Å². The molecule has 1 saturated heterocycles. The van der Waals surface area contributed by atoms with E-state index in [0.29, 0.717) is 37.1 Å². The molecule has 1 aliphatic rings. The number of ether oxygens (including phenoxy) is 2. The highest BCUT2D eigenvalue weighted by molar-refractivity contribution is 7.99. The molecule has 1 aliphatic heterocycles. The van der Waals surface area contributed by atoms with Gasteiger partial charge in [0.15, 0.2) is 11.5 Å². The van der Waals surface area contributed by atoms with Crippen molar-refractivity contribution in [3.63, 3.8) is 0 Å². The van der Waals surface area contributed by atoms with Crippen LogP contribution in [0.3, 0.4) is 0 Å². The number of nitrogens with zero attached hydrogens (tertiary/aromatic N) is 1. The molecule has 0 bridgehead atoms. The molecule has 1 aromatic carbocycles. The predicted octanol–water partition coefficient (Wildman–Crippen LogP) is 2.05. The zero-order valence-corrected chi connectivity index (χ0v) is 15.3. The van der Waals surface area contributed by atoms with Crippen LogP contribution in [-0.2, 0) is 4.79 Å². The van der Waals surface area contributed by atoms with Crippen LogP contribution in [0.25, 0.3) is 0 Å². The minimum Gasteiger partial charge on any atom is -0.493 e. The molecule has 7 heteroatoms. The van der Waals surface area contributed by atoms with Gasteiger partial charge in [0, 0.05) is 37.6 Å². The molecule has 1 N–H and O–H groups in total. The number of halogens is 1. The first kappa shape index (κ1) is 19.9. The molecular weight excluding hydrogens is 336 g/mol. The van der Waals surface area contributed by atoms with Crippen LogP contribution in [0, 0.1) is 0 Å². The van der Waals surface area contributed by atoms with Gasteiger partial charge < -0.3 is 19.7 Å². The van der Waals surface area contributed by atoms with Gasteiger partial charge in [-0.1, -0.05) is 12.1 Å². The third-order valence-corrected chi connectivity index (χ3v) is 4.73. The van der Waals surface area contributed by atoms with Crippen molar-refractivity contribution < 1.29 is 14.3 Å². The van der Waals surface area contributed by atoms with Crippen LogP contribution in [0.2, 0.25) is 0 Å². The maximum absolute atomic E-state index is 12.2. The number of amides is 1. The van der Waals surface area contributed by atoms with Crippen molar-refractivity contribution >= 4 is 30.1 Å². The summed E-state index contributed by atoms with van der Waals surface area (Å²) in [5, 5.41) is 3.39. The van der Waals surface area contributed by atoms with E-state index in [0.717, 1.165) is 18.1 Å². The SMILES string of the molecule is COc1ccccc1OCCN(C)C(=O)CC1CSCCN1.Cl. The number of rotatable bonds is 7. The lowest BCUT2D eigenvalue weighted by atomic mass is 10.2. The highest BCUT2D eigenvalue weighted by Gasteiger charge is 2.19. The summed E-state index contributed by atoms with van der Waals surface area (Å²) in [6.07, 6.45) is 0.554. The first-order chi connectivity index (χ1) is 10.7. The second kappa shape index (κ2) is 10.6. The van der Waals surface area contributed by atoms with Gasteiger partial charge in [0.2, 0.25) is 5.91 Å². The molecule has 5 nitrogen and oxygen atoms in total. The number of hydrogen-bond donors (Lipinski definition) is 1. The molecule has 1 unspecified atom stereocenters. The summed E-state index contributed by atoms with van der Waals surface area (Å²) in [6, 6.07) is 7.82. The van der Waals surface area contributed by atoms with E-state index in [1.54, 1.807) is 12.0 Å². The van der Waals surface area contributed by atoms with E-state index in [1.807, 2.05) is 43.1 Å². The lowest BCUT2D eigenvalue weighted by molar-refractivity contribution is -0.130. The van der Waals surface area contributed by atoms with Gasteiger partial charge in [-0.15, -0.1) is 12.4 Å². The van der Waals surface area contributed by atoms with Crippen LogP contribution in [0.4, 0.5) is 0 Å². The monoisotopic (exact) mass is 360 g/mol. The maximum Gasteiger partial charge on any atom is 0.224 e. The normalized spacial score (nSPS) is 17.0. The van der Waals surface area contributed by atoms with Gasteiger partial charge >= 0.3 is 0 Å². The van der Waals surface area contributed by atoms with Gasteiger partial charge in [0.1, 0.15) is 6.61 Å². The first-order valence-electron chi connectivity index (χ1n) is 7.51. The van der Waals surface area contributed by atoms with Crippen LogP contribution in [0.1, 0.15) is 6.42 Å². The van der Waals surface area contributed by atoms with Crippen molar-refractivity contribution in [2.24, 2.45) is 0 Å². The Morgan fingerprint density at radius 2 is 2.13 bits per heavy atom. The molecule has 1 atom stereocenters. The first-order valence-corrected chi connectivity index (χ1v) is 8.67. The fraction of sp³-hybridized carbons (Fsp3) is 0.562. The number of hydrogen-bond acceptors (Lipinski definition) is 5. The van der Waals surface area contributed by atoms with Gasteiger partial charge in [-0.3, -0.25) is 4.79 Å². The summed E-state index contributed by atoms with van der Waals surface area (Å²) >= 11 is 1.90. The summed E-state index contributed by atoms with van der Waals surface area (Å²) in [5.74, 6) is 3.71. The second-order valence-corrected chi connectivity index (χ2v) is 6.39. The Labute approximate surface area is 148 Å². The van der Waals surface area contributed by atoms with Gasteiger partial charge in [-0.25, -0.2) is 0 Å². The Morgan fingerprint density at radius 3 is 2.78 bits per heavy atom. The molecule has 0 saturated carbocycles. The van der Waals surface area contributed by atoms with Gasteiger partial charge in [0.25, 0.3) is 0 Å². The predicted molar refractivity (Wildman–Crippen MR) is 97.1 cm³/mol. The second-order valence-electron chi connectivity index (χ2n) is 5.24. The molecule has 1 amide bonds. The van der Waals surface area contributed by atoms with Crippen LogP contribution in [0.5, 0.6) is 11.5 Å². The van der Waals surface area contributed by atoms with Crippen molar-refractivity contribution in [1.82, 2.24) is 10.2 Å². The molecule has 1 aromatic rings. The topological polar surface area (TPSA) is 50.8 Å². The van der Waals surface area contributed by atoms with E-state index in [4.69, 9.17) is 9.47 Å². The van der Waals surface area contributed by atoms with E-state index in [1.165, 1.54) is 0 Å². The van der Waals surface area contributed by atoms with Crippen LogP contribution in [-0.4, -0.2) is 62.2 Å². The van der Waals surface area contributed by atoms with Crippen LogP contribution >= 0.6 is 24.2 Å². The molecule has 1 fully saturated rings. The summed E-state index contributed by atoms with van der Waals surface area (Å²) in [6.45, 7) is 2.01. The Morgan fingerprint density at radius 1 is 1.39 bits per heavy atom. The van der Waals surface area contributed by atoms with E-state index in [2.05, 4.69) is 5.32 Å². The van der Waals surface area contributed by atoms with Gasteiger partial charge in [-0.05, 0) is 12.1 Å². The number of carbonyl (C=O) groups is 1. The minimum atomic E-state index is 0. The smallest absolute Gasteiger partial charge is 0.224 e. The Kier molecular flexibility index (Phi) is 9.21. The molecular formula is C16H25ClN2O3S. The zero-order valence-electron chi connectivity index (χ0n) is 13.6. The average molecular weight is 361 g/mol. The summed E-state index contributed by atoms with van der Waals surface area (Å²) < 4.78 is 10.9. The maximum atomic E-state index is 12.2. The molecule has 0 spiro atoms. The fourth-order valence-electron chi connectivity index (χ4n) is 2.27. The lowest BCUT2D eigenvalue weighted by Gasteiger charge is -2.25. The summed E-state index contributed by atoms with van der Waals surface area (Å²) in [5.41, 5.74) is 0. The Bertz CT molecular complexity index is 484. The number of benzene rings is 1. The standard InChI is InChI=1S/C16H24N2O3S.ClH/c1-18(16(19)11-13-12-22-10-7-17-13)8-9-21-15-6-4-3-5-14(15)20-2;/h3-6,13,17H,7-12H2,1-2H3;1H. The fourth-order valence-corrected chi connectivity index (χ4v) is 3.22. The summed E-state index contributed by atoms with van der Waals surface area (Å²) in [4.78, 5) is 13.9. The van der Waals surface area contributed by atoms with Crippen molar-refractivity contribution in [3.8, 4) is 11.5 Å². The minimum absolute atomic E-state index is 0. The van der Waals surface area contributed by atoms with Gasteiger partial charge in [-0.2, -0.15) is 11.8 Å². The van der Waals surface area contributed by atoms with Crippen molar-refractivity contribution in [2.45, 2.75) is 12.5 Å². The number of carbonyl (C=O) groups excluding carboxylic acids is 1. The van der Waals surface area contributed by atoms with E-state index < -0.39 is 0 Å². The van der Waals surface area contributed by atoms with Crippen LogP contribution < -0.4 is 14.8 Å². The number of nitrogens with one attached hydrogen (secondary N) is 1. The van der Waals surface area contributed by atoms with Crippen molar-refractivity contribution in [3.05, 3.63) is 24.3 Å². The molecule has 0 radical (unpaired) electrons. The zero-order chi connectivity index (χ0) is 15.8. The number of likely N-dealkylation sites (N-methyl/N-ethyl adjacent to an activating group) is 1. The lowest BCUT2D eigenvalue weighted by Crippen LogP contribution is -2.42. The molecule has 2 rings (SSSR count). The average Bonchev–Trinajstić information content (AvgIpc) is 2.56. The van der Waals surface area contributed by atoms with Crippen molar-refractivity contribution in [1.29, 1.82) is 0 Å². The summed E-state index contributed by atoms with van der Waals surface area (Å²) in [7, 11) is 3.44. The van der Waals surface area contributed by atoms with Crippen molar-refractivity contribution in [2.75, 3.05) is 45.4 Å². The number of thioether (sulfide) groups is 1. The molecule has 1 heterocycles. The quantitative estimate of drug-likeness (QED) is 0.806. The molecule has 130 valence electrons. The molecule has 0 aromatic heterocycles. The third kappa shape index (κ3) is 6.49. The number of methoxy groups -OCH3 is 1. The largest absolute Gasteiger partial charge is 0.493 e. The highest BCUT2D eigenvalue weighted by atomic mass is 35.5. The van der Waals surface area contributed by atoms with E-state index in [9.17, 15) is 4.79 Å². The number of para-hydroxylation sites is 2. The van der Waals surface area contributed by atoms with E-state index >= 15 is 0 Å². The molecule has 23 heavy (non-hydrogen) atoms. The van der Waals surface area contributed by atoms with Gasteiger partial charge in [0.05, 0.1) is 13.7 Å². The molecule has 0 aliphatic carbocycles.